The Hall–Kier alpha value is -1.38. The third-order valence-corrected chi connectivity index (χ3v) is 5.05. The van der Waals surface area contributed by atoms with Crippen LogP contribution in [0.25, 0.3) is 0 Å². The zero-order chi connectivity index (χ0) is 15.6. The second-order valence-electron chi connectivity index (χ2n) is 4.85. The zero-order valence-corrected chi connectivity index (χ0v) is 13.0. The first-order valence-electron chi connectivity index (χ1n) is 6.28. The smallest absolute Gasteiger partial charge is 0.294 e. The Morgan fingerprint density at radius 2 is 2.19 bits per heavy atom. The predicted octanol–water partition coefficient (Wildman–Crippen LogP) is 1.57. The van der Waals surface area contributed by atoms with Crippen LogP contribution in [0.15, 0.2) is 29.2 Å². The average Bonchev–Trinajstić information content (AvgIpc) is 2.77. The molecular formula is C13H15NO5S2. The molecule has 1 aliphatic heterocycles. The van der Waals surface area contributed by atoms with Crippen molar-refractivity contribution in [3.8, 4) is 0 Å². The number of carbonyl (C=O) groups is 2. The van der Waals surface area contributed by atoms with E-state index in [9.17, 15) is 18.0 Å². The highest BCUT2D eigenvalue weighted by atomic mass is 32.2. The fourth-order valence-electron chi connectivity index (χ4n) is 2.19. The van der Waals surface area contributed by atoms with Gasteiger partial charge in [-0.25, -0.2) is 0 Å². The lowest BCUT2D eigenvalue weighted by Crippen LogP contribution is -2.25. The number of rotatable bonds is 4. The number of nitrogens with zero attached hydrogens (tertiary/aromatic N) is 1. The van der Waals surface area contributed by atoms with Gasteiger partial charge in [0.25, 0.3) is 10.1 Å². The van der Waals surface area contributed by atoms with Gasteiger partial charge < -0.3 is 4.90 Å². The summed E-state index contributed by atoms with van der Waals surface area (Å²) in [6.07, 6.45) is 0.330. The normalized spacial score (nSPS) is 19.0. The summed E-state index contributed by atoms with van der Waals surface area (Å²) in [7, 11) is -4.29. The minimum Gasteiger partial charge on any atom is -0.312 e. The van der Waals surface area contributed by atoms with Gasteiger partial charge in [-0.15, -0.1) is 0 Å². The van der Waals surface area contributed by atoms with E-state index < -0.39 is 10.1 Å². The Bertz CT molecular complexity index is 671. The van der Waals surface area contributed by atoms with Crippen molar-refractivity contribution >= 4 is 38.6 Å². The van der Waals surface area contributed by atoms with Gasteiger partial charge in [0.2, 0.25) is 5.91 Å². The van der Waals surface area contributed by atoms with Gasteiger partial charge in [0.1, 0.15) is 0 Å². The van der Waals surface area contributed by atoms with E-state index >= 15 is 0 Å². The molecule has 0 aliphatic carbocycles. The molecule has 1 aromatic rings. The van der Waals surface area contributed by atoms with Crippen molar-refractivity contribution in [1.82, 2.24) is 0 Å². The molecule has 1 heterocycles. The lowest BCUT2D eigenvalue weighted by atomic mass is 10.1. The SMILES string of the molecule is CC(=O)SCC1CC(=O)N(c2cccc(S(=O)(=O)O)c2)C1. The van der Waals surface area contributed by atoms with Gasteiger partial charge in [-0.2, -0.15) is 8.42 Å². The molecule has 1 unspecified atom stereocenters. The fourth-order valence-corrected chi connectivity index (χ4v) is 3.40. The van der Waals surface area contributed by atoms with Crippen molar-refractivity contribution in [3.63, 3.8) is 0 Å². The third kappa shape index (κ3) is 4.05. The molecular weight excluding hydrogens is 314 g/mol. The minimum absolute atomic E-state index is 0.00858. The van der Waals surface area contributed by atoms with Crippen LogP contribution in [0.5, 0.6) is 0 Å². The number of hydrogen-bond acceptors (Lipinski definition) is 5. The van der Waals surface area contributed by atoms with E-state index in [1.165, 1.54) is 41.8 Å². The van der Waals surface area contributed by atoms with Gasteiger partial charge in [0, 0.05) is 31.3 Å². The van der Waals surface area contributed by atoms with Crippen LogP contribution in [-0.2, 0) is 19.7 Å². The highest BCUT2D eigenvalue weighted by molar-refractivity contribution is 8.13. The van der Waals surface area contributed by atoms with Gasteiger partial charge in [-0.05, 0) is 24.1 Å². The van der Waals surface area contributed by atoms with Crippen LogP contribution < -0.4 is 4.90 Å². The largest absolute Gasteiger partial charge is 0.312 e. The molecule has 1 aliphatic rings. The van der Waals surface area contributed by atoms with Crippen molar-refractivity contribution in [1.29, 1.82) is 0 Å². The van der Waals surface area contributed by atoms with Gasteiger partial charge in [0.05, 0.1) is 4.90 Å². The molecule has 114 valence electrons. The van der Waals surface area contributed by atoms with Crippen molar-refractivity contribution in [2.24, 2.45) is 5.92 Å². The lowest BCUT2D eigenvalue weighted by molar-refractivity contribution is -0.117. The lowest BCUT2D eigenvalue weighted by Gasteiger charge is -2.17. The maximum Gasteiger partial charge on any atom is 0.294 e. The summed E-state index contributed by atoms with van der Waals surface area (Å²) in [6.45, 7) is 1.92. The molecule has 21 heavy (non-hydrogen) atoms. The van der Waals surface area contributed by atoms with Crippen molar-refractivity contribution in [2.75, 3.05) is 17.2 Å². The summed E-state index contributed by atoms with van der Waals surface area (Å²) in [5.74, 6) is 0.507. The Labute approximate surface area is 127 Å². The molecule has 1 N–H and O–H groups in total. The number of hydrogen-bond donors (Lipinski definition) is 1. The maximum absolute atomic E-state index is 12.0. The molecule has 1 atom stereocenters. The van der Waals surface area contributed by atoms with Crippen molar-refractivity contribution in [2.45, 2.75) is 18.2 Å². The number of thioether (sulfide) groups is 1. The van der Waals surface area contributed by atoms with Crippen LogP contribution in [0.4, 0.5) is 5.69 Å². The van der Waals surface area contributed by atoms with Crippen LogP contribution in [0.1, 0.15) is 13.3 Å². The Morgan fingerprint density at radius 1 is 1.48 bits per heavy atom. The molecule has 0 bridgehead atoms. The van der Waals surface area contributed by atoms with Crippen molar-refractivity contribution < 1.29 is 22.6 Å². The van der Waals surface area contributed by atoms with E-state index in [-0.39, 0.29) is 21.8 Å². The molecule has 1 amide bonds. The van der Waals surface area contributed by atoms with E-state index in [4.69, 9.17) is 4.55 Å². The number of carbonyl (C=O) groups excluding carboxylic acids is 2. The first-order valence-corrected chi connectivity index (χ1v) is 8.71. The van der Waals surface area contributed by atoms with Gasteiger partial charge in [-0.1, -0.05) is 17.8 Å². The zero-order valence-electron chi connectivity index (χ0n) is 11.4. The molecule has 1 aromatic carbocycles. The fraction of sp³-hybridized carbons (Fsp3) is 0.385. The molecule has 2 rings (SSSR count). The molecule has 1 saturated heterocycles. The highest BCUT2D eigenvalue weighted by Crippen LogP contribution is 2.28. The summed E-state index contributed by atoms with van der Waals surface area (Å²) in [4.78, 5) is 24.2. The Kier molecular flexibility index (Phi) is 4.70. The van der Waals surface area contributed by atoms with E-state index in [1.54, 1.807) is 6.07 Å². The third-order valence-electron chi connectivity index (χ3n) is 3.15. The van der Waals surface area contributed by atoms with E-state index in [1.807, 2.05) is 0 Å². The molecule has 0 aromatic heterocycles. The Morgan fingerprint density at radius 3 is 2.81 bits per heavy atom. The Balaban J connectivity index is 2.15. The summed E-state index contributed by atoms with van der Waals surface area (Å²) in [6, 6.07) is 5.63. The highest BCUT2D eigenvalue weighted by Gasteiger charge is 2.31. The summed E-state index contributed by atoms with van der Waals surface area (Å²) in [5, 5.41) is 0.00858. The number of amides is 1. The summed E-state index contributed by atoms with van der Waals surface area (Å²) >= 11 is 1.18. The molecule has 0 radical (unpaired) electrons. The van der Waals surface area contributed by atoms with Crippen LogP contribution in [0.2, 0.25) is 0 Å². The molecule has 1 fully saturated rings. The van der Waals surface area contributed by atoms with Crippen LogP contribution in [0, 0.1) is 5.92 Å². The number of benzene rings is 1. The quantitative estimate of drug-likeness (QED) is 0.843. The van der Waals surface area contributed by atoms with Gasteiger partial charge >= 0.3 is 0 Å². The van der Waals surface area contributed by atoms with E-state index in [2.05, 4.69) is 0 Å². The van der Waals surface area contributed by atoms with Crippen molar-refractivity contribution in [3.05, 3.63) is 24.3 Å². The van der Waals surface area contributed by atoms with Gasteiger partial charge in [0.15, 0.2) is 5.12 Å². The second-order valence-corrected chi connectivity index (χ2v) is 7.47. The summed E-state index contributed by atoms with van der Waals surface area (Å²) < 4.78 is 31.3. The second kappa shape index (κ2) is 6.17. The molecule has 0 spiro atoms. The van der Waals surface area contributed by atoms with E-state index in [0.29, 0.717) is 24.4 Å². The monoisotopic (exact) mass is 329 g/mol. The topological polar surface area (TPSA) is 91.8 Å². The minimum atomic E-state index is -4.29. The first-order chi connectivity index (χ1) is 9.77. The maximum atomic E-state index is 12.0. The van der Waals surface area contributed by atoms with Crippen LogP contribution in [0.3, 0.4) is 0 Å². The standard InChI is InChI=1S/C13H15NO5S2/c1-9(15)20-8-10-5-13(16)14(7-10)11-3-2-4-12(6-11)21(17,18)19/h2-4,6,10H,5,7-8H2,1H3,(H,17,18,19). The molecule has 6 nitrogen and oxygen atoms in total. The summed E-state index contributed by atoms with van der Waals surface area (Å²) in [5.41, 5.74) is 0.436. The number of anilines is 1. The van der Waals surface area contributed by atoms with Gasteiger partial charge in [-0.3, -0.25) is 14.1 Å². The van der Waals surface area contributed by atoms with Crippen LogP contribution >= 0.6 is 11.8 Å². The predicted molar refractivity (Wildman–Crippen MR) is 79.9 cm³/mol. The first kappa shape index (κ1) is 16.0. The van der Waals surface area contributed by atoms with Crippen LogP contribution in [-0.4, -0.2) is 36.3 Å². The van der Waals surface area contributed by atoms with E-state index in [0.717, 1.165) is 0 Å². The molecule has 8 heteroatoms. The molecule has 0 saturated carbocycles. The average molecular weight is 329 g/mol.